The lowest BCUT2D eigenvalue weighted by Gasteiger charge is -2.10. The molecular weight excluding hydrogens is 282 g/mol. The van der Waals surface area contributed by atoms with Crippen LogP contribution in [0.3, 0.4) is 0 Å². The van der Waals surface area contributed by atoms with E-state index in [-0.39, 0.29) is 0 Å². The van der Waals surface area contributed by atoms with Crippen LogP contribution < -0.4 is 4.74 Å². The lowest BCUT2D eigenvalue weighted by Crippen LogP contribution is -1.97. The molecule has 0 aromatic heterocycles. The van der Waals surface area contributed by atoms with Crippen LogP contribution in [0.2, 0.25) is 0 Å². The number of nitrogens with zero attached hydrogens (tertiary/aromatic N) is 1. The second kappa shape index (κ2) is 6.66. The fourth-order valence-corrected chi connectivity index (χ4v) is 2.85. The van der Waals surface area contributed by atoms with Gasteiger partial charge in [0.25, 0.3) is 0 Å². The third kappa shape index (κ3) is 3.42. The number of hydrogen-bond acceptors (Lipinski definition) is 2. The fraction of sp³-hybridized carbons (Fsp3) is 0.190. The topological polar surface area (TPSA) is 21.6 Å². The van der Waals surface area contributed by atoms with Crippen LogP contribution in [0.5, 0.6) is 5.75 Å². The van der Waals surface area contributed by atoms with Crippen molar-refractivity contribution in [3.8, 4) is 5.75 Å². The highest BCUT2D eigenvalue weighted by Gasteiger charge is 2.06. The number of rotatable bonds is 4. The molecule has 2 heteroatoms. The molecule has 0 heterocycles. The minimum absolute atomic E-state index is 0.642. The standard InChI is InChI=1S/C21H21NO/c1-4-23-21-10-9-17-7-5-6-8-19(17)20(21)14-22-18-12-15(2)11-16(3)13-18/h5-14H,4H2,1-3H3/b22-14+. The van der Waals surface area contributed by atoms with Gasteiger partial charge in [0.2, 0.25) is 0 Å². The molecule has 116 valence electrons. The molecule has 23 heavy (non-hydrogen) atoms. The fourth-order valence-electron chi connectivity index (χ4n) is 2.85. The van der Waals surface area contributed by atoms with Crippen LogP contribution in [-0.2, 0) is 0 Å². The molecule has 0 saturated carbocycles. The Balaban J connectivity index is 2.09. The van der Waals surface area contributed by atoms with Gasteiger partial charge < -0.3 is 4.74 Å². The van der Waals surface area contributed by atoms with Crippen LogP contribution in [0.1, 0.15) is 23.6 Å². The van der Waals surface area contributed by atoms with Crippen molar-refractivity contribution in [1.82, 2.24) is 0 Å². The zero-order chi connectivity index (χ0) is 16.2. The van der Waals surface area contributed by atoms with E-state index in [2.05, 4.69) is 55.2 Å². The average Bonchev–Trinajstić information content (AvgIpc) is 2.53. The summed E-state index contributed by atoms with van der Waals surface area (Å²) in [6.45, 7) is 6.83. The van der Waals surface area contributed by atoms with Gasteiger partial charge in [-0.25, -0.2) is 0 Å². The first kappa shape index (κ1) is 15.3. The molecule has 0 saturated heterocycles. The van der Waals surface area contributed by atoms with Gasteiger partial charge in [0, 0.05) is 11.8 Å². The Morgan fingerprint density at radius 1 is 0.957 bits per heavy atom. The molecule has 0 aliphatic heterocycles. The molecule has 3 aromatic carbocycles. The second-order valence-electron chi connectivity index (χ2n) is 5.74. The summed E-state index contributed by atoms with van der Waals surface area (Å²) >= 11 is 0. The molecule has 0 bridgehead atoms. The SMILES string of the molecule is CCOc1ccc2ccccc2c1/C=N/c1cc(C)cc(C)c1. The van der Waals surface area contributed by atoms with E-state index in [9.17, 15) is 0 Å². The molecule has 0 unspecified atom stereocenters. The average molecular weight is 303 g/mol. The summed E-state index contributed by atoms with van der Waals surface area (Å²) in [4.78, 5) is 4.69. The molecule has 0 aliphatic rings. The molecule has 2 nitrogen and oxygen atoms in total. The Morgan fingerprint density at radius 2 is 1.70 bits per heavy atom. The number of benzene rings is 3. The first-order valence-corrected chi connectivity index (χ1v) is 7.94. The van der Waals surface area contributed by atoms with E-state index in [1.807, 2.05) is 31.3 Å². The Bertz CT molecular complexity index is 845. The Hall–Kier alpha value is -2.61. The number of ether oxygens (including phenoxy) is 1. The van der Waals surface area contributed by atoms with Gasteiger partial charge >= 0.3 is 0 Å². The van der Waals surface area contributed by atoms with E-state index in [1.165, 1.54) is 16.5 Å². The van der Waals surface area contributed by atoms with Crippen LogP contribution in [0.4, 0.5) is 5.69 Å². The van der Waals surface area contributed by atoms with Gasteiger partial charge in [-0.05, 0) is 60.9 Å². The molecule has 0 spiro atoms. The van der Waals surface area contributed by atoms with Crippen molar-refractivity contribution < 1.29 is 4.74 Å². The summed E-state index contributed by atoms with van der Waals surface area (Å²) in [5.41, 5.74) is 4.45. The third-order valence-corrected chi connectivity index (χ3v) is 3.78. The van der Waals surface area contributed by atoms with Gasteiger partial charge in [-0.2, -0.15) is 0 Å². The van der Waals surface area contributed by atoms with Gasteiger partial charge in [-0.3, -0.25) is 4.99 Å². The zero-order valence-corrected chi connectivity index (χ0v) is 13.8. The minimum Gasteiger partial charge on any atom is -0.493 e. The summed E-state index contributed by atoms with van der Waals surface area (Å²) in [5, 5.41) is 2.35. The molecule has 0 fully saturated rings. The molecule has 0 N–H and O–H groups in total. The number of aryl methyl sites for hydroxylation is 2. The van der Waals surface area contributed by atoms with Crippen LogP contribution in [0.15, 0.2) is 59.6 Å². The Labute approximate surface area is 137 Å². The van der Waals surface area contributed by atoms with E-state index in [0.717, 1.165) is 22.4 Å². The summed E-state index contributed by atoms with van der Waals surface area (Å²) in [5.74, 6) is 0.874. The van der Waals surface area contributed by atoms with Crippen molar-refractivity contribution in [3.05, 3.63) is 71.3 Å². The maximum absolute atomic E-state index is 5.79. The third-order valence-electron chi connectivity index (χ3n) is 3.78. The van der Waals surface area contributed by atoms with E-state index in [0.29, 0.717) is 6.61 Å². The molecule has 0 amide bonds. The quantitative estimate of drug-likeness (QED) is 0.574. The van der Waals surface area contributed by atoms with E-state index >= 15 is 0 Å². The first-order valence-electron chi connectivity index (χ1n) is 7.94. The van der Waals surface area contributed by atoms with E-state index < -0.39 is 0 Å². The molecule has 0 aliphatic carbocycles. The van der Waals surface area contributed by atoms with Gasteiger partial charge in [-0.1, -0.05) is 36.4 Å². The van der Waals surface area contributed by atoms with Crippen LogP contribution in [0.25, 0.3) is 10.8 Å². The van der Waals surface area contributed by atoms with Crippen molar-refractivity contribution in [1.29, 1.82) is 0 Å². The van der Waals surface area contributed by atoms with E-state index in [4.69, 9.17) is 4.74 Å². The van der Waals surface area contributed by atoms with Crippen molar-refractivity contribution in [2.75, 3.05) is 6.61 Å². The number of hydrogen-bond donors (Lipinski definition) is 0. The van der Waals surface area contributed by atoms with Crippen LogP contribution in [0, 0.1) is 13.8 Å². The highest BCUT2D eigenvalue weighted by molar-refractivity contribution is 6.03. The Kier molecular flexibility index (Phi) is 4.42. The first-order chi connectivity index (χ1) is 11.2. The predicted molar refractivity (Wildman–Crippen MR) is 98.3 cm³/mol. The van der Waals surface area contributed by atoms with Gasteiger partial charge in [0.15, 0.2) is 0 Å². The van der Waals surface area contributed by atoms with Gasteiger partial charge in [-0.15, -0.1) is 0 Å². The van der Waals surface area contributed by atoms with Crippen LogP contribution in [-0.4, -0.2) is 12.8 Å². The predicted octanol–water partition coefficient (Wildman–Crippen LogP) is 5.61. The molecular formula is C21H21NO. The molecule has 3 rings (SSSR count). The van der Waals surface area contributed by atoms with E-state index in [1.54, 1.807) is 0 Å². The summed E-state index contributed by atoms with van der Waals surface area (Å²) in [7, 11) is 0. The zero-order valence-electron chi connectivity index (χ0n) is 13.8. The van der Waals surface area contributed by atoms with Gasteiger partial charge in [0.1, 0.15) is 5.75 Å². The van der Waals surface area contributed by atoms with Crippen molar-refractivity contribution in [3.63, 3.8) is 0 Å². The van der Waals surface area contributed by atoms with Crippen LogP contribution >= 0.6 is 0 Å². The largest absolute Gasteiger partial charge is 0.493 e. The lowest BCUT2D eigenvalue weighted by atomic mass is 10.0. The Morgan fingerprint density at radius 3 is 2.43 bits per heavy atom. The maximum Gasteiger partial charge on any atom is 0.128 e. The molecule has 3 aromatic rings. The molecule has 0 radical (unpaired) electrons. The normalized spacial score (nSPS) is 11.3. The highest BCUT2D eigenvalue weighted by Crippen LogP contribution is 2.27. The maximum atomic E-state index is 5.79. The number of aliphatic imine (C=N–C) groups is 1. The molecule has 0 atom stereocenters. The number of fused-ring (bicyclic) bond motifs is 1. The minimum atomic E-state index is 0.642. The van der Waals surface area contributed by atoms with Crippen molar-refractivity contribution in [2.45, 2.75) is 20.8 Å². The summed E-state index contributed by atoms with van der Waals surface area (Å²) < 4.78 is 5.79. The van der Waals surface area contributed by atoms with Crippen molar-refractivity contribution in [2.24, 2.45) is 4.99 Å². The second-order valence-corrected chi connectivity index (χ2v) is 5.74. The smallest absolute Gasteiger partial charge is 0.128 e. The van der Waals surface area contributed by atoms with Gasteiger partial charge in [0.05, 0.1) is 12.3 Å². The van der Waals surface area contributed by atoms with Crippen molar-refractivity contribution >= 4 is 22.7 Å². The lowest BCUT2D eigenvalue weighted by molar-refractivity contribution is 0.340. The summed E-state index contributed by atoms with van der Waals surface area (Å²) in [6.07, 6.45) is 1.92. The summed E-state index contributed by atoms with van der Waals surface area (Å²) in [6, 6.07) is 18.8. The highest BCUT2D eigenvalue weighted by atomic mass is 16.5. The monoisotopic (exact) mass is 303 g/mol.